The van der Waals surface area contributed by atoms with Gasteiger partial charge in [-0.05, 0) is 49.4 Å². The summed E-state index contributed by atoms with van der Waals surface area (Å²) in [6, 6.07) is 7.23. The van der Waals surface area contributed by atoms with Gasteiger partial charge in [0.2, 0.25) is 11.7 Å². The Hall–Kier alpha value is -2.94. The predicted molar refractivity (Wildman–Crippen MR) is 86.4 cm³/mol. The molecule has 1 heterocycles. The van der Waals surface area contributed by atoms with Crippen LogP contribution in [0.2, 0.25) is 0 Å². The molecule has 1 fully saturated rings. The van der Waals surface area contributed by atoms with E-state index in [1.807, 2.05) is 6.92 Å². The van der Waals surface area contributed by atoms with Gasteiger partial charge in [0, 0.05) is 11.1 Å². The third kappa shape index (κ3) is 2.93. The van der Waals surface area contributed by atoms with Crippen LogP contribution in [0.3, 0.4) is 0 Å². The van der Waals surface area contributed by atoms with Crippen molar-refractivity contribution in [3.8, 4) is 18.0 Å². The topological polar surface area (TPSA) is 85.1 Å². The van der Waals surface area contributed by atoms with Gasteiger partial charge in [-0.3, -0.25) is 4.79 Å². The first-order chi connectivity index (χ1) is 11.6. The van der Waals surface area contributed by atoms with Gasteiger partial charge in [0.15, 0.2) is 0 Å². The maximum absolute atomic E-state index is 13.0. The number of aryl methyl sites for hydroxylation is 1. The van der Waals surface area contributed by atoms with Gasteiger partial charge in [-0.15, -0.1) is 0 Å². The highest BCUT2D eigenvalue weighted by Crippen LogP contribution is 2.45. The molecule has 24 heavy (non-hydrogen) atoms. The lowest BCUT2D eigenvalue weighted by atomic mass is 9.98. The maximum atomic E-state index is 13.0. The maximum Gasteiger partial charge on any atom is 0.320 e. The Morgan fingerprint density at radius 2 is 1.96 bits per heavy atom. The van der Waals surface area contributed by atoms with E-state index in [4.69, 9.17) is 14.7 Å². The Morgan fingerprint density at radius 1 is 1.21 bits per heavy atom. The third-order valence-electron chi connectivity index (χ3n) is 3.94. The average molecular weight is 323 g/mol. The summed E-state index contributed by atoms with van der Waals surface area (Å²) in [5, 5.41) is 9.13. The van der Waals surface area contributed by atoms with E-state index in [2.05, 4.69) is 16.0 Å². The first-order valence-electron chi connectivity index (χ1n) is 7.63. The summed E-state index contributed by atoms with van der Waals surface area (Å²) in [4.78, 5) is 21.5. The molecule has 2 aromatic rings. The number of ether oxygens (including phenoxy) is 2. The monoisotopic (exact) mass is 323 g/mol. The van der Waals surface area contributed by atoms with Crippen LogP contribution in [-0.4, -0.2) is 30.0 Å². The van der Waals surface area contributed by atoms with Crippen molar-refractivity contribution in [2.24, 2.45) is 0 Å². The molecule has 0 amide bonds. The third-order valence-corrected chi connectivity index (χ3v) is 3.94. The summed E-state index contributed by atoms with van der Waals surface area (Å²) in [6.07, 6.45) is 1.95. The van der Waals surface area contributed by atoms with E-state index in [1.165, 1.54) is 14.2 Å². The van der Waals surface area contributed by atoms with Crippen molar-refractivity contribution in [3.05, 3.63) is 46.1 Å². The van der Waals surface area contributed by atoms with Gasteiger partial charge in [-0.1, -0.05) is 0 Å². The number of nitriles is 1. The largest absolute Gasteiger partial charge is 0.481 e. The molecule has 0 spiro atoms. The summed E-state index contributed by atoms with van der Waals surface area (Å²) in [5.41, 5.74) is 2.73. The Labute approximate surface area is 140 Å². The van der Waals surface area contributed by atoms with E-state index >= 15 is 0 Å². The normalized spacial score (nSPS) is 13.2. The minimum Gasteiger partial charge on any atom is -0.481 e. The van der Waals surface area contributed by atoms with Crippen molar-refractivity contribution >= 4 is 5.78 Å². The first-order valence-corrected chi connectivity index (χ1v) is 7.63. The molecule has 0 atom stereocenters. The van der Waals surface area contributed by atoms with Gasteiger partial charge >= 0.3 is 6.01 Å². The fourth-order valence-corrected chi connectivity index (χ4v) is 2.70. The lowest BCUT2D eigenvalue weighted by molar-refractivity contribution is 0.103. The molecule has 3 rings (SSSR count). The number of benzene rings is 1. The molecule has 0 bridgehead atoms. The molecule has 0 N–H and O–H groups in total. The van der Waals surface area contributed by atoms with E-state index in [0.29, 0.717) is 17.0 Å². The quantitative estimate of drug-likeness (QED) is 0.787. The van der Waals surface area contributed by atoms with E-state index < -0.39 is 0 Å². The summed E-state index contributed by atoms with van der Waals surface area (Å²) in [7, 11) is 2.96. The van der Waals surface area contributed by atoms with Gasteiger partial charge in [-0.2, -0.15) is 15.2 Å². The minimum atomic E-state index is -0.254. The minimum absolute atomic E-state index is 0.0905. The van der Waals surface area contributed by atoms with Crippen LogP contribution < -0.4 is 9.47 Å². The summed E-state index contributed by atoms with van der Waals surface area (Å²) < 4.78 is 10.4. The number of aromatic nitrogens is 2. The second kappa shape index (κ2) is 6.28. The number of nitrogens with zero attached hydrogens (tertiary/aromatic N) is 3. The van der Waals surface area contributed by atoms with E-state index in [9.17, 15) is 4.79 Å². The van der Waals surface area contributed by atoms with Crippen molar-refractivity contribution in [1.29, 1.82) is 5.26 Å². The van der Waals surface area contributed by atoms with Crippen molar-refractivity contribution < 1.29 is 14.3 Å². The first kappa shape index (κ1) is 15.9. The lowest BCUT2D eigenvalue weighted by Crippen LogP contribution is -2.12. The molecule has 122 valence electrons. The second-order valence-electron chi connectivity index (χ2n) is 5.78. The molecule has 0 radical (unpaired) electrons. The molecule has 1 aliphatic rings. The van der Waals surface area contributed by atoms with Crippen LogP contribution in [-0.2, 0) is 0 Å². The van der Waals surface area contributed by atoms with Gasteiger partial charge in [0.05, 0.1) is 25.9 Å². The van der Waals surface area contributed by atoms with Crippen molar-refractivity contribution in [3.63, 3.8) is 0 Å². The van der Waals surface area contributed by atoms with Crippen molar-refractivity contribution in [2.75, 3.05) is 14.2 Å². The number of hydrogen-bond donors (Lipinski definition) is 0. The van der Waals surface area contributed by atoms with Crippen LogP contribution in [0.4, 0.5) is 0 Å². The van der Waals surface area contributed by atoms with Crippen molar-refractivity contribution in [2.45, 2.75) is 25.7 Å². The summed E-state index contributed by atoms with van der Waals surface area (Å²) in [5.74, 6) is 0.349. The Morgan fingerprint density at radius 3 is 2.54 bits per heavy atom. The van der Waals surface area contributed by atoms with Crippen LogP contribution in [0.25, 0.3) is 0 Å². The molecule has 1 saturated carbocycles. The molecule has 1 aromatic heterocycles. The number of carbonyl (C=O) groups is 1. The van der Waals surface area contributed by atoms with Crippen LogP contribution >= 0.6 is 0 Å². The molecule has 1 aliphatic carbocycles. The molecule has 1 aromatic carbocycles. The lowest BCUT2D eigenvalue weighted by Gasteiger charge is -2.13. The molecular formula is C18H17N3O3. The SMILES string of the molecule is COc1nc(OC)c(C2CC2)c(C(=O)c2cc(C)cc(C#N)c2)n1. The fourth-order valence-electron chi connectivity index (χ4n) is 2.70. The molecule has 0 saturated heterocycles. The molecule has 0 unspecified atom stereocenters. The zero-order valence-electron chi connectivity index (χ0n) is 13.8. The number of rotatable bonds is 5. The van der Waals surface area contributed by atoms with Crippen LogP contribution in [0.1, 0.15) is 51.5 Å². The van der Waals surface area contributed by atoms with Crippen LogP contribution in [0.15, 0.2) is 18.2 Å². The number of carbonyl (C=O) groups excluding carboxylic acids is 1. The zero-order chi connectivity index (χ0) is 17.3. The highest BCUT2D eigenvalue weighted by molar-refractivity contribution is 6.09. The Kier molecular flexibility index (Phi) is 4.17. The zero-order valence-corrected chi connectivity index (χ0v) is 13.8. The highest BCUT2D eigenvalue weighted by Gasteiger charge is 2.34. The van der Waals surface area contributed by atoms with Crippen LogP contribution in [0, 0.1) is 18.3 Å². The van der Waals surface area contributed by atoms with E-state index in [1.54, 1.807) is 18.2 Å². The van der Waals surface area contributed by atoms with Gasteiger partial charge < -0.3 is 9.47 Å². The molecule has 6 heteroatoms. The summed E-state index contributed by atoms with van der Waals surface area (Å²) >= 11 is 0. The number of hydrogen-bond acceptors (Lipinski definition) is 6. The van der Waals surface area contributed by atoms with Gasteiger partial charge in [-0.25, -0.2) is 0 Å². The van der Waals surface area contributed by atoms with Gasteiger partial charge in [0.25, 0.3) is 0 Å². The highest BCUT2D eigenvalue weighted by atomic mass is 16.5. The van der Waals surface area contributed by atoms with E-state index in [-0.39, 0.29) is 23.4 Å². The Balaban J connectivity index is 2.16. The number of methoxy groups -OCH3 is 2. The smallest absolute Gasteiger partial charge is 0.320 e. The van der Waals surface area contributed by atoms with Crippen molar-refractivity contribution in [1.82, 2.24) is 9.97 Å². The molecule has 6 nitrogen and oxygen atoms in total. The second-order valence-corrected chi connectivity index (χ2v) is 5.78. The molecule has 0 aliphatic heterocycles. The summed E-state index contributed by atoms with van der Waals surface area (Å²) in [6.45, 7) is 1.85. The van der Waals surface area contributed by atoms with Crippen LogP contribution in [0.5, 0.6) is 11.9 Å². The Bertz CT molecular complexity index is 851. The number of ketones is 1. The van der Waals surface area contributed by atoms with E-state index in [0.717, 1.165) is 24.0 Å². The average Bonchev–Trinajstić information content (AvgIpc) is 3.43. The predicted octanol–water partition coefficient (Wildman–Crippen LogP) is 2.78. The standard InChI is InChI=1S/C18H17N3O3/c1-10-6-11(9-19)8-13(7-10)16(22)15-14(12-4-5-12)17(23-2)21-18(20-15)24-3/h6-8,12H,4-5H2,1-3H3. The fraction of sp³-hybridized carbons (Fsp3) is 0.333. The molecular weight excluding hydrogens is 306 g/mol. The van der Waals surface area contributed by atoms with Gasteiger partial charge in [0.1, 0.15) is 5.69 Å².